The maximum Gasteiger partial charge on any atom is 0.145 e. The van der Waals surface area contributed by atoms with Gasteiger partial charge in [-0.25, -0.2) is 0 Å². The number of halogens is 1. The van der Waals surface area contributed by atoms with Gasteiger partial charge in [-0.2, -0.15) is 5.10 Å². The second kappa shape index (κ2) is 9.57. The molecule has 6 rings (SSSR count). The highest BCUT2D eigenvalue weighted by molar-refractivity contribution is 6.33. The molecule has 2 saturated carbocycles. The van der Waals surface area contributed by atoms with E-state index in [1.54, 1.807) is 0 Å². The molecule has 0 radical (unpaired) electrons. The highest BCUT2D eigenvalue weighted by Gasteiger charge is 2.37. The van der Waals surface area contributed by atoms with Crippen molar-refractivity contribution in [3.05, 3.63) is 70.1 Å². The van der Waals surface area contributed by atoms with Crippen LogP contribution in [0.15, 0.2) is 47.1 Å². The Morgan fingerprint density at radius 1 is 1.16 bits per heavy atom. The van der Waals surface area contributed by atoms with Gasteiger partial charge < -0.3 is 14.4 Å². The van der Waals surface area contributed by atoms with E-state index in [-0.39, 0.29) is 12.1 Å². The van der Waals surface area contributed by atoms with Gasteiger partial charge in [-0.1, -0.05) is 41.0 Å². The third-order valence-corrected chi connectivity index (χ3v) is 8.39. The maximum atomic E-state index is 11.6. The maximum absolute atomic E-state index is 11.6. The number of aryl methyl sites for hydroxylation is 1. The summed E-state index contributed by atoms with van der Waals surface area (Å²) in [6.45, 7) is 6.74. The smallest absolute Gasteiger partial charge is 0.145 e. The Bertz CT molecular complexity index is 1410. The summed E-state index contributed by atoms with van der Waals surface area (Å²) in [7, 11) is 0. The van der Waals surface area contributed by atoms with Crippen molar-refractivity contribution in [3.8, 4) is 11.3 Å². The summed E-state index contributed by atoms with van der Waals surface area (Å²) >= 11 is 6.58. The molecule has 2 fully saturated rings. The van der Waals surface area contributed by atoms with E-state index in [1.807, 2.05) is 42.1 Å². The lowest BCUT2D eigenvalue weighted by Gasteiger charge is -2.36. The summed E-state index contributed by atoms with van der Waals surface area (Å²) in [5, 5.41) is 22.3. The van der Waals surface area contributed by atoms with Crippen LogP contribution in [0.5, 0.6) is 0 Å². The molecule has 0 amide bonds. The molecule has 0 aliphatic heterocycles. The molecule has 194 valence electrons. The van der Waals surface area contributed by atoms with Crippen molar-refractivity contribution in [2.45, 2.75) is 89.6 Å². The molecule has 0 spiro atoms. The van der Waals surface area contributed by atoms with E-state index >= 15 is 0 Å². The van der Waals surface area contributed by atoms with Crippen LogP contribution in [0.4, 0.5) is 0 Å². The van der Waals surface area contributed by atoms with Crippen LogP contribution in [0.25, 0.3) is 22.2 Å². The molecule has 37 heavy (non-hydrogen) atoms. The number of ether oxygens (including phenoxy) is 1. The van der Waals surface area contributed by atoms with Crippen LogP contribution in [0.3, 0.4) is 0 Å². The van der Waals surface area contributed by atoms with E-state index in [0.717, 1.165) is 70.3 Å². The van der Waals surface area contributed by atoms with E-state index in [2.05, 4.69) is 36.2 Å². The molecule has 6 nitrogen and oxygen atoms in total. The molecule has 2 heterocycles. The van der Waals surface area contributed by atoms with Crippen molar-refractivity contribution in [1.29, 1.82) is 0 Å². The van der Waals surface area contributed by atoms with Crippen molar-refractivity contribution < 1.29 is 14.4 Å². The standard InChI is InChI=1S/C30H34ClN3O3/c1-18(2)34-26-15-22(10-9-21(26)16-32-34)30(35)13-11-23(12-14-30)36-17-24-28(33-37-29(24)20-7-8-20)27-19(3)5-4-6-25(27)31/h4-6,9-10,15-16,18,20,23,35H,7-8,11-14,17H2,1-3H3. The monoisotopic (exact) mass is 519 g/mol. The lowest BCUT2D eigenvalue weighted by atomic mass is 9.78. The van der Waals surface area contributed by atoms with Gasteiger partial charge in [0.15, 0.2) is 0 Å². The first-order valence-electron chi connectivity index (χ1n) is 13.4. The van der Waals surface area contributed by atoms with E-state index < -0.39 is 5.60 Å². The molecule has 0 atom stereocenters. The fourth-order valence-corrected chi connectivity index (χ4v) is 6.03. The fraction of sp³-hybridized carbons (Fsp3) is 0.467. The van der Waals surface area contributed by atoms with E-state index in [9.17, 15) is 5.11 Å². The number of fused-ring (bicyclic) bond motifs is 1. The first-order chi connectivity index (χ1) is 17.8. The third kappa shape index (κ3) is 4.60. The zero-order chi connectivity index (χ0) is 25.7. The van der Waals surface area contributed by atoms with Crippen molar-refractivity contribution in [2.75, 3.05) is 0 Å². The Kier molecular flexibility index (Phi) is 6.38. The molecular formula is C30H34ClN3O3. The second-order valence-electron chi connectivity index (χ2n) is 11.1. The van der Waals surface area contributed by atoms with Crippen LogP contribution < -0.4 is 0 Å². The normalized spacial score (nSPS) is 22.3. The van der Waals surface area contributed by atoms with Gasteiger partial charge in [0, 0.05) is 28.5 Å². The summed E-state index contributed by atoms with van der Waals surface area (Å²) in [4.78, 5) is 0. The van der Waals surface area contributed by atoms with Crippen LogP contribution in [0.2, 0.25) is 5.02 Å². The SMILES string of the molecule is Cc1cccc(Cl)c1-c1noc(C2CC2)c1COC1CCC(O)(c2ccc3cnn(C(C)C)c3c2)CC1. The molecule has 0 unspecified atom stereocenters. The second-order valence-corrected chi connectivity index (χ2v) is 11.5. The molecule has 2 aromatic heterocycles. The van der Waals surface area contributed by atoms with Gasteiger partial charge in [-0.05, 0) is 82.6 Å². The quantitative estimate of drug-likeness (QED) is 0.274. The number of benzene rings is 2. The lowest BCUT2D eigenvalue weighted by Crippen LogP contribution is -2.34. The number of hydrogen-bond donors (Lipinski definition) is 1. The van der Waals surface area contributed by atoms with Crippen LogP contribution in [0.1, 0.15) is 86.8 Å². The molecular weight excluding hydrogens is 486 g/mol. The van der Waals surface area contributed by atoms with E-state index in [1.165, 1.54) is 0 Å². The number of hydrogen-bond acceptors (Lipinski definition) is 5. The van der Waals surface area contributed by atoms with Gasteiger partial charge in [-0.15, -0.1) is 0 Å². The number of rotatable bonds is 7. The first-order valence-corrected chi connectivity index (χ1v) is 13.8. The van der Waals surface area contributed by atoms with Gasteiger partial charge in [-0.3, -0.25) is 4.68 Å². The molecule has 0 saturated heterocycles. The molecule has 7 heteroatoms. The first kappa shape index (κ1) is 24.7. The number of aromatic nitrogens is 3. The molecule has 0 bridgehead atoms. The largest absolute Gasteiger partial charge is 0.385 e. The number of nitrogens with zero attached hydrogens (tertiary/aromatic N) is 3. The summed E-state index contributed by atoms with van der Waals surface area (Å²) in [5.41, 5.74) is 5.00. The van der Waals surface area contributed by atoms with Gasteiger partial charge in [0.1, 0.15) is 11.5 Å². The minimum Gasteiger partial charge on any atom is -0.385 e. The molecule has 2 aliphatic carbocycles. The molecule has 2 aliphatic rings. The zero-order valence-corrected chi connectivity index (χ0v) is 22.5. The van der Waals surface area contributed by atoms with E-state index in [0.29, 0.717) is 30.4 Å². The fourth-order valence-electron chi connectivity index (χ4n) is 5.72. The number of aliphatic hydroxyl groups is 1. The average Bonchev–Trinajstić information content (AvgIpc) is 3.49. The van der Waals surface area contributed by atoms with Crippen molar-refractivity contribution in [1.82, 2.24) is 14.9 Å². The molecule has 4 aromatic rings. The van der Waals surface area contributed by atoms with Gasteiger partial charge in [0.25, 0.3) is 0 Å². The molecule has 1 N–H and O–H groups in total. The zero-order valence-electron chi connectivity index (χ0n) is 21.7. The molecule has 2 aromatic carbocycles. The third-order valence-electron chi connectivity index (χ3n) is 8.07. The highest BCUT2D eigenvalue weighted by atomic mass is 35.5. The van der Waals surface area contributed by atoms with Gasteiger partial charge in [0.2, 0.25) is 0 Å². The minimum atomic E-state index is -0.851. The predicted octanol–water partition coefficient (Wildman–Crippen LogP) is 7.46. The highest BCUT2D eigenvalue weighted by Crippen LogP contribution is 2.46. The Morgan fingerprint density at radius 3 is 2.65 bits per heavy atom. The summed E-state index contributed by atoms with van der Waals surface area (Å²) in [6, 6.07) is 12.4. The van der Waals surface area contributed by atoms with Crippen molar-refractivity contribution >= 4 is 22.5 Å². The van der Waals surface area contributed by atoms with Crippen LogP contribution in [0, 0.1) is 6.92 Å². The van der Waals surface area contributed by atoms with Crippen molar-refractivity contribution in [2.24, 2.45) is 0 Å². The van der Waals surface area contributed by atoms with Crippen LogP contribution in [-0.2, 0) is 16.9 Å². The lowest BCUT2D eigenvalue weighted by molar-refractivity contribution is -0.0640. The Labute approximate surface area is 222 Å². The average molecular weight is 520 g/mol. The van der Waals surface area contributed by atoms with Gasteiger partial charge >= 0.3 is 0 Å². The Balaban J connectivity index is 1.18. The summed E-state index contributed by atoms with van der Waals surface area (Å²) in [5.74, 6) is 1.37. The summed E-state index contributed by atoms with van der Waals surface area (Å²) < 4.78 is 14.3. The summed E-state index contributed by atoms with van der Waals surface area (Å²) in [6.07, 6.45) is 7.13. The van der Waals surface area contributed by atoms with E-state index in [4.69, 9.17) is 20.9 Å². The van der Waals surface area contributed by atoms with Gasteiger partial charge in [0.05, 0.1) is 35.0 Å². The Hall–Kier alpha value is -2.67. The topological polar surface area (TPSA) is 73.3 Å². The van der Waals surface area contributed by atoms with Crippen molar-refractivity contribution in [3.63, 3.8) is 0 Å². The van der Waals surface area contributed by atoms with Crippen LogP contribution in [-0.4, -0.2) is 26.1 Å². The Morgan fingerprint density at radius 2 is 1.95 bits per heavy atom. The minimum absolute atomic E-state index is 0.0762. The van der Waals surface area contributed by atoms with Crippen LogP contribution >= 0.6 is 11.6 Å². The predicted molar refractivity (Wildman–Crippen MR) is 145 cm³/mol.